The van der Waals surface area contributed by atoms with Crippen LogP contribution in [0.25, 0.3) is 11.0 Å². The number of likely N-dealkylation sites (N-methyl/N-ethyl adjacent to an activating group) is 1. The number of ether oxygens (including phenoxy) is 1. The van der Waals surface area contributed by atoms with Crippen LogP contribution in [0.4, 0.5) is 11.4 Å². The third-order valence-corrected chi connectivity index (χ3v) is 8.99. The van der Waals surface area contributed by atoms with Gasteiger partial charge in [0.25, 0.3) is 0 Å². The van der Waals surface area contributed by atoms with Crippen molar-refractivity contribution in [3.63, 3.8) is 0 Å². The predicted molar refractivity (Wildman–Crippen MR) is 170 cm³/mol. The maximum Gasteiger partial charge on any atom is 0.143 e. The van der Waals surface area contributed by atoms with Crippen LogP contribution in [0.2, 0.25) is 0 Å². The zero-order valence-electron chi connectivity index (χ0n) is 24.6. The summed E-state index contributed by atoms with van der Waals surface area (Å²) < 4.78 is 8.12. The maximum absolute atomic E-state index is 6.77. The van der Waals surface area contributed by atoms with Gasteiger partial charge in [-0.25, -0.2) is 4.98 Å². The van der Waals surface area contributed by atoms with E-state index in [-0.39, 0.29) is 6.04 Å². The van der Waals surface area contributed by atoms with Gasteiger partial charge in [-0.2, -0.15) is 0 Å². The number of anilines is 2. The lowest BCUT2D eigenvalue weighted by Gasteiger charge is -2.31. The second-order valence-corrected chi connectivity index (χ2v) is 11.6. The Morgan fingerprint density at radius 2 is 1.88 bits per heavy atom. The first-order valence-electron chi connectivity index (χ1n) is 14.7. The lowest BCUT2D eigenvalue weighted by Crippen LogP contribution is -2.39. The summed E-state index contributed by atoms with van der Waals surface area (Å²) >= 11 is 0. The fraction of sp³-hybridized carbons (Fsp3) is 0.343. The number of hydrogen-bond donors (Lipinski definition) is 2. The normalized spacial score (nSPS) is 14.7. The first kappa shape index (κ1) is 27.0. The number of aromatic nitrogens is 2. The van der Waals surface area contributed by atoms with Crippen molar-refractivity contribution in [1.82, 2.24) is 14.9 Å². The fourth-order valence-corrected chi connectivity index (χ4v) is 6.41. The molecule has 6 heteroatoms. The van der Waals surface area contributed by atoms with E-state index in [0.717, 1.165) is 77.5 Å². The molecule has 0 fully saturated rings. The Kier molecular flexibility index (Phi) is 7.24. The van der Waals surface area contributed by atoms with Gasteiger partial charge in [0.1, 0.15) is 11.4 Å². The molecule has 41 heavy (non-hydrogen) atoms. The zero-order valence-corrected chi connectivity index (χ0v) is 24.6. The molecule has 0 amide bonds. The van der Waals surface area contributed by atoms with Gasteiger partial charge in [-0.15, -0.1) is 0 Å². The summed E-state index contributed by atoms with van der Waals surface area (Å²) in [7, 11) is 2.07. The second-order valence-electron chi connectivity index (χ2n) is 11.6. The van der Waals surface area contributed by atoms with Crippen LogP contribution in [0.3, 0.4) is 0 Å². The standard InChI is InChI=1S/C35H41N5O/c1-22(21-40-24(3)23(2)33-34(36)29-13-9-10-14-30(29)38-35(33)40)37-31(19-26-11-7-6-8-12-26)25(4)39(5)28-16-15-27-17-18-41-32(27)20-28/h6-8,11-12,15-16,20,31,37H,1,4,9-10,13-14,17-19,21H2,2-3,5H3,(H2,36,38). The first-order valence-corrected chi connectivity index (χ1v) is 14.7. The van der Waals surface area contributed by atoms with Crippen molar-refractivity contribution in [2.45, 2.75) is 65.0 Å². The largest absolute Gasteiger partial charge is 0.493 e. The Balaban J connectivity index is 1.28. The molecule has 2 aromatic carbocycles. The Bertz CT molecular complexity index is 1630. The SMILES string of the molecule is C=C(Cn1c(C)c(C)c2c(N)c3c(nc21)CCCC3)NC(Cc1ccccc1)C(=C)N(C)c1ccc2c(c1)OCC2. The number of rotatable bonds is 9. The fourth-order valence-electron chi connectivity index (χ4n) is 6.41. The topological polar surface area (TPSA) is 68.3 Å². The monoisotopic (exact) mass is 547 g/mol. The molecule has 2 aliphatic rings. The van der Waals surface area contributed by atoms with E-state index in [1.807, 2.05) is 0 Å². The van der Waals surface area contributed by atoms with E-state index in [1.165, 1.54) is 40.8 Å². The van der Waals surface area contributed by atoms with E-state index in [2.05, 4.69) is 97.4 Å². The van der Waals surface area contributed by atoms with Crippen molar-refractivity contribution in [1.29, 1.82) is 0 Å². The number of nitrogen functional groups attached to an aromatic ring is 1. The summed E-state index contributed by atoms with van der Waals surface area (Å²) in [5.74, 6) is 0.971. The average Bonchev–Trinajstić information content (AvgIpc) is 3.55. The minimum atomic E-state index is -0.0573. The minimum absolute atomic E-state index is 0.0573. The van der Waals surface area contributed by atoms with Gasteiger partial charge in [-0.1, -0.05) is 49.6 Å². The van der Waals surface area contributed by atoms with E-state index >= 15 is 0 Å². The van der Waals surface area contributed by atoms with Gasteiger partial charge in [0, 0.05) is 59.1 Å². The summed E-state index contributed by atoms with van der Waals surface area (Å²) in [6.07, 6.45) is 6.13. The molecule has 0 radical (unpaired) electrons. The molecule has 0 bridgehead atoms. The van der Waals surface area contributed by atoms with E-state index in [4.69, 9.17) is 15.5 Å². The summed E-state index contributed by atoms with van der Waals surface area (Å²) in [5.41, 5.74) is 18.9. The zero-order chi connectivity index (χ0) is 28.7. The molecule has 0 saturated heterocycles. The maximum atomic E-state index is 6.77. The molecule has 3 heterocycles. The molecule has 3 N–H and O–H groups in total. The molecule has 2 aromatic heterocycles. The van der Waals surface area contributed by atoms with Gasteiger partial charge in [0.05, 0.1) is 19.2 Å². The van der Waals surface area contributed by atoms with Gasteiger partial charge in [-0.3, -0.25) is 0 Å². The van der Waals surface area contributed by atoms with Gasteiger partial charge < -0.3 is 25.3 Å². The molecule has 1 unspecified atom stereocenters. The number of aryl methyl sites for hydroxylation is 2. The van der Waals surface area contributed by atoms with Crippen LogP contribution in [-0.4, -0.2) is 29.2 Å². The third-order valence-electron chi connectivity index (χ3n) is 8.99. The number of allylic oxidation sites excluding steroid dienone is 1. The van der Waals surface area contributed by atoms with Crippen LogP contribution < -0.4 is 20.7 Å². The molecule has 6 rings (SSSR count). The molecule has 0 spiro atoms. The second kappa shape index (κ2) is 11.0. The lowest BCUT2D eigenvalue weighted by molar-refractivity contribution is 0.357. The Hall–Kier alpha value is -4.19. The quantitative estimate of drug-likeness (QED) is 0.253. The Morgan fingerprint density at radius 3 is 2.68 bits per heavy atom. The average molecular weight is 548 g/mol. The molecule has 212 valence electrons. The number of benzene rings is 2. The van der Waals surface area contributed by atoms with Crippen LogP contribution in [0.5, 0.6) is 5.75 Å². The molecule has 4 aromatic rings. The Labute approximate surface area is 243 Å². The number of nitrogens with zero attached hydrogens (tertiary/aromatic N) is 3. The van der Waals surface area contributed by atoms with Gasteiger partial charge in [0.2, 0.25) is 0 Å². The smallest absolute Gasteiger partial charge is 0.143 e. The molecule has 1 aliphatic heterocycles. The van der Waals surface area contributed by atoms with Crippen molar-refractivity contribution in [3.05, 3.63) is 107 Å². The van der Waals surface area contributed by atoms with E-state index in [0.29, 0.717) is 6.54 Å². The molecule has 0 saturated carbocycles. The van der Waals surface area contributed by atoms with Crippen molar-refractivity contribution in [3.8, 4) is 5.75 Å². The summed E-state index contributed by atoms with van der Waals surface area (Å²) in [4.78, 5) is 7.32. The van der Waals surface area contributed by atoms with E-state index < -0.39 is 0 Å². The van der Waals surface area contributed by atoms with Crippen LogP contribution in [0, 0.1) is 13.8 Å². The highest BCUT2D eigenvalue weighted by atomic mass is 16.5. The van der Waals surface area contributed by atoms with Gasteiger partial charge >= 0.3 is 0 Å². The third kappa shape index (κ3) is 5.08. The van der Waals surface area contributed by atoms with E-state index in [9.17, 15) is 0 Å². The van der Waals surface area contributed by atoms with Crippen molar-refractivity contribution in [2.24, 2.45) is 0 Å². The highest BCUT2D eigenvalue weighted by Crippen LogP contribution is 2.36. The van der Waals surface area contributed by atoms with Crippen LogP contribution in [0.15, 0.2) is 73.1 Å². The molecule has 1 aliphatic carbocycles. The number of pyridine rings is 1. The summed E-state index contributed by atoms with van der Waals surface area (Å²) in [6.45, 7) is 14.7. The van der Waals surface area contributed by atoms with Crippen LogP contribution in [-0.2, 0) is 32.2 Å². The number of nitrogens with one attached hydrogen (secondary N) is 1. The van der Waals surface area contributed by atoms with Crippen molar-refractivity contribution >= 4 is 22.4 Å². The Morgan fingerprint density at radius 1 is 1.10 bits per heavy atom. The van der Waals surface area contributed by atoms with Crippen LogP contribution in [0.1, 0.15) is 46.5 Å². The van der Waals surface area contributed by atoms with Gasteiger partial charge in [-0.05, 0) is 74.3 Å². The van der Waals surface area contributed by atoms with Crippen molar-refractivity contribution < 1.29 is 4.74 Å². The lowest BCUT2D eigenvalue weighted by atomic mass is 9.93. The predicted octanol–water partition coefficient (Wildman–Crippen LogP) is 6.41. The summed E-state index contributed by atoms with van der Waals surface area (Å²) in [6, 6.07) is 16.9. The van der Waals surface area contributed by atoms with Gasteiger partial charge in [0.15, 0.2) is 0 Å². The number of nitrogens with two attached hydrogens (primary N) is 1. The minimum Gasteiger partial charge on any atom is -0.493 e. The van der Waals surface area contributed by atoms with Crippen molar-refractivity contribution in [2.75, 3.05) is 24.3 Å². The molecular formula is C35H41N5O. The first-order chi connectivity index (χ1) is 19.8. The molecular weight excluding hydrogens is 506 g/mol. The number of hydrogen-bond acceptors (Lipinski definition) is 5. The highest BCUT2D eigenvalue weighted by Gasteiger charge is 2.24. The summed E-state index contributed by atoms with van der Waals surface area (Å²) in [5, 5.41) is 4.85. The molecule has 1 atom stereocenters. The molecule has 6 nitrogen and oxygen atoms in total. The van der Waals surface area contributed by atoms with Crippen LogP contribution >= 0.6 is 0 Å². The number of fused-ring (bicyclic) bond motifs is 3. The highest BCUT2D eigenvalue weighted by molar-refractivity contribution is 5.95. The van der Waals surface area contributed by atoms with E-state index in [1.54, 1.807) is 0 Å².